The first-order valence-electron chi connectivity index (χ1n) is 11.2. The highest BCUT2D eigenvalue weighted by molar-refractivity contribution is 7.99. The summed E-state index contributed by atoms with van der Waals surface area (Å²) in [6.07, 6.45) is 2.74. The molecule has 1 unspecified atom stereocenters. The number of carboxylic acid groups (broad SMARTS) is 2. The zero-order valence-corrected chi connectivity index (χ0v) is 20.6. The molecule has 188 valence electrons. The summed E-state index contributed by atoms with van der Waals surface area (Å²) in [5.41, 5.74) is 2.31. The van der Waals surface area contributed by atoms with Crippen molar-refractivity contribution in [1.29, 1.82) is 0 Å². The number of aliphatic hydroxyl groups excluding tert-OH is 1. The van der Waals surface area contributed by atoms with Gasteiger partial charge in [-0.3, -0.25) is 4.90 Å². The molecule has 2 aliphatic heterocycles. The predicted molar refractivity (Wildman–Crippen MR) is 133 cm³/mol. The monoisotopic (exact) mass is 522 g/mol. The lowest BCUT2D eigenvalue weighted by atomic mass is 9.96. The maximum Gasteiger partial charge on any atom is 0.328 e. The van der Waals surface area contributed by atoms with Crippen LogP contribution in [-0.2, 0) is 16.0 Å². The number of aliphatic hydroxyl groups is 1. The van der Waals surface area contributed by atoms with E-state index in [4.69, 9.17) is 26.9 Å². The highest BCUT2D eigenvalue weighted by Crippen LogP contribution is 2.44. The highest BCUT2D eigenvalue weighted by atomic mass is 35.5. The molecule has 0 aromatic heterocycles. The summed E-state index contributed by atoms with van der Waals surface area (Å²) in [5, 5.41) is 25.4. The van der Waals surface area contributed by atoms with Crippen molar-refractivity contribution in [2.24, 2.45) is 0 Å². The number of hydrogen-bond donors (Lipinski definition) is 3. The molecular formula is C25H28ClFN2O5S. The van der Waals surface area contributed by atoms with Crippen molar-refractivity contribution in [3.63, 3.8) is 0 Å². The minimum Gasteiger partial charge on any atom is -0.478 e. The Morgan fingerprint density at radius 2 is 1.69 bits per heavy atom. The molecule has 2 aromatic carbocycles. The topological polar surface area (TPSA) is 101 Å². The molecule has 2 aliphatic rings. The lowest BCUT2D eigenvalue weighted by Gasteiger charge is -2.39. The van der Waals surface area contributed by atoms with Gasteiger partial charge < -0.3 is 20.2 Å². The molecule has 0 aliphatic carbocycles. The number of halogens is 2. The summed E-state index contributed by atoms with van der Waals surface area (Å²) in [4.78, 5) is 26.4. The van der Waals surface area contributed by atoms with Crippen LogP contribution in [0.3, 0.4) is 0 Å². The largest absolute Gasteiger partial charge is 0.478 e. The second-order valence-electron chi connectivity index (χ2n) is 8.22. The van der Waals surface area contributed by atoms with Crippen LogP contribution in [0.15, 0.2) is 58.3 Å². The number of rotatable bonds is 6. The lowest BCUT2D eigenvalue weighted by Crippen LogP contribution is -2.48. The standard InChI is InChI=1S/C21H24ClFN2OS.C4H4O4/c22-16-2-4-21-18(14-16)19(13-15-12-17(23)3-5-20(15)27-21)25-9-7-24(8-10-25)6-1-11-26;5-3(6)1-2-4(7)8/h2-5,12,14,19,26H,1,6-11,13H2;1-2H,(H,5,6)(H,7,8)/b;2-1-. The van der Waals surface area contributed by atoms with Crippen LogP contribution in [0, 0.1) is 5.82 Å². The first-order chi connectivity index (χ1) is 16.8. The Hall–Kier alpha value is -2.43. The maximum atomic E-state index is 13.9. The molecule has 2 heterocycles. The molecule has 1 saturated heterocycles. The van der Waals surface area contributed by atoms with Crippen LogP contribution in [0.5, 0.6) is 0 Å². The van der Waals surface area contributed by atoms with Crippen molar-refractivity contribution in [3.05, 3.63) is 70.5 Å². The van der Waals surface area contributed by atoms with Gasteiger partial charge in [0.15, 0.2) is 0 Å². The minimum absolute atomic E-state index is 0.175. The molecule has 0 saturated carbocycles. The van der Waals surface area contributed by atoms with Crippen LogP contribution in [-0.4, -0.2) is 76.4 Å². The summed E-state index contributed by atoms with van der Waals surface area (Å²) in [5.74, 6) is -2.69. The average Bonchev–Trinajstić information content (AvgIpc) is 2.98. The number of hydrogen-bond acceptors (Lipinski definition) is 6. The smallest absolute Gasteiger partial charge is 0.328 e. The highest BCUT2D eigenvalue weighted by Gasteiger charge is 2.30. The van der Waals surface area contributed by atoms with Gasteiger partial charge in [-0.05, 0) is 60.4 Å². The summed E-state index contributed by atoms with van der Waals surface area (Å²) in [7, 11) is 0. The fourth-order valence-corrected chi connectivity index (χ4v) is 5.45. The Kier molecular flexibility index (Phi) is 10.1. The van der Waals surface area contributed by atoms with Crippen molar-refractivity contribution < 1.29 is 29.3 Å². The van der Waals surface area contributed by atoms with Gasteiger partial charge in [-0.15, -0.1) is 0 Å². The Morgan fingerprint density at radius 3 is 2.31 bits per heavy atom. The Bertz CT molecular complexity index is 1060. The SMILES string of the molecule is O=C(O)/C=C\C(=O)O.OCCCN1CCN(C2Cc3cc(F)ccc3Sc3ccc(Cl)cc32)CC1. The predicted octanol–water partition coefficient (Wildman–Crippen LogP) is 3.94. The zero-order valence-electron chi connectivity index (χ0n) is 19.1. The summed E-state index contributed by atoms with van der Waals surface area (Å²) >= 11 is 8.04. The van der Waals surface area contributed by atoms with E-state index in [-0.39, 0.29) is 18.5 Å². The molecule has 2 aromatic rings. The van der Waals surface area contributed by atoms with Gasteiger partial charge in [0.05, 0.1) is 0 Å². The summed E-state index contributed by atoms with van der Waals surface area (Å²) in [6, 6.07) is 11.4. The van der Waals surface area contributed by atoms with Gasteiger partial charge in [-0.2, -0.15) is 0 Å². The van der Waals surface area contributed by atoms with Gasteiger partial charge >= 0.3 is 11.9 Å². The fraction of sp³-hybridized carbons (Fsp3) is 0.360. The van der Waals surface area contributed by atoms with Crippen LogP contribution in [0.25, 0.3) is 0 Å². The third-order valence-corrected chi connectivity index (χ3v) is 7.28. The van der Waals surface area contributed by atoms with Crippen molar-refractivity contribution in [3.8, 4) is 0 Å². The van der Waals surface area contributed by atoms with E-state index >= 15 is 0 Å². The van der Waals surface area contributed by atoms with Gasteiger partial charge in [-0.1, -0.05) is 23.4 Å². The Balaban J connectivity index is 0.000000371. The number of nitrogens with zero attached hydrogens (tertiary/aromatic N) is 2. The zero-order chi connectivity index (χ0) is 25.4. The van der Waals surface area contributed by atoms with Crippen LogP contribution in [0.2, 0.25) is 5.02 Å². The van der Waals surface area contributed by atoms with Gasteiger partial charge in [0.2, 0.25) is 0 Å². The Morgan fingerprint density at radius 1 is 1.03 bits per heavy atom. The van der Waals surface area contributed by atoms with Crippen LogP contribution in [0.4, 0.5) is 4.39 Å². The maximum absolute atomic E-state index is 13.9. The molecule has 0 spiro atoms. The van der Waals surface area contributed by atoms with Gasteiger partial charge in [0.1, 0.15) is 5.82 Å². The second-order valence-corrected chi connectivity index (χ2v) is 9.74. The second kappa shape index (κ2) is 13.0. The molecule has 10 heteroatoms. The molecule has 4 rings (SSSR count). The molecule has 0 amide bonds. The number of piperazine rings is 1. The van der Waals surface area contributed by atoms with E-state index < -0.39 is 11.9 Å². The van der Waals surface area contributed by atoms with E-state index in [1.807, 2.05) is 12.1 Å². The van der Waals surface area contributed by atoms with Gasteiger partial charge in [0, 0.05) is 72.3 Å². The molecule has 7 nitrogen and oxygen atoms in total. The third-order valence-electron chi connectivity index (χ3n) is 5.84. The van der Waals surface area contributed by atoms with E-state index in [2.05, 4.69) is 21.9 Å². The van der Waals surface area contributed by atoms with Gasteiger partial charge in [-0.25, -0.2) is 14.0 Å². The van der Waals surface area contributed by atoms with E-state index in [9.17, 15) is 14.0 Å². The first kappa shape index (κ1) is 27.2. The normalized spacial score (nSPS) is 18.2. The minimum atomic E-state index is -1.26. The number of fused-ring (bicyclic) bond motifs is 2. The van der Waals surface area contributed by atoms with E-state index in [1.54, 1.807) is 23.9 Å². The molecule has 3 N–H and O–H groups in total. The van der Waals surface area contributed by atoms with E-state index in [1.165, 1.54) is 10.5 Å². The van der Waals surface area contributed by atoms with Crippen LogP contribution >= 0.6 is 23.4 Å². The fourth-order valence-electron chi connectivity index (χ4n) is 4.18. The van der Waals surface area contributed by atoms with Crippen LogP contribution in [0.1, 0.15) is 23.6 Å². The van der Waals surface area contributed by atoms with Crippen molar-refractivity contribution in [1.82, 2.24) is 9.80 Å². The number of carbonyl (C=O) groups is 2. The lowest BCUT2D eigenvalue weighted by molar-refractivity contribution is -0.134. The molecule has 0 bridgehead atoms. The molecule has 0 radical (unpaired) electrons. The van der Waals surface area contributed by atoms with Crippen molar-refractivity contribution in [2.75, 3.05) is 39.3 Å². The summed E-state index contributed by atoms with van der Waals surface area (Å²) in [6.45, 7) is 5.12. The van der Waals surface area contributed by atoms with Crippen molar-refractivity contribution >= 4 is 35.3 Å². The molecule has 35 heavy (non-hydrogen) atoms. The quantitative estimate of drug-likeness (QED) is 0.490. The third kappa shape index (κ3) is 8.05. The van der Waals surface area contributed by atoms with E-state index in [0.29, 0.717) is 12.2 Å². The first-order valence-corrected chi connectivity index (χ1v) is 12.4. The number of aliphatic carboxylic acids is 2. The number of carboxylic acids is 2. The average molecular weight is 523 g/mol. The molecule has 1 fully saturated rings. The van der Waals surface area contributed by atoms with Gasteiger partial charge in [0.25, 0.3) is 0 Å². The van der Waals surface area contributed by atoms with E-state index in [0.717, 1.165) is 61.0 Å². The Labute approximate surface area is 212 Å². The van der Waals surface area contributed by atoms with Crippen LogP contribution < -0.4 is 0 Å². The van der Waals surface area contributed by atoms with Crippen molar-refractivity contribution in [2.45, 2.75) is 28.7 Å². The summed E-state index contributed by atoms with van der Waals surface area (Å²) < 4.78 is 13.9. The number of benzene rings is 2. The molecule has 1 atom stereocenters. The molecular weight excluding hydrogens is 495 g/mol.